The molecule has 0 atom stereocenters. The lowest BCUT2D eigenvalue weighted by Gasteiger charge is -2.26. The Morgan fingerprint density at radius 3 is 1.27 bits per heavy atom. The molecule has 12 rings (SSSR count). The van der Waals surface area contributed by atoms with E-state index in [9.17, 15) is 0 Å². The quantitative estimate of drug-likeness (QED) is 0.148. The number of aromatic nitrogens is 1. The van der Waals surface area contributed by atoms with Crippen molar-refractivity contribution in [1.82, 2.24) is 4.40 Å². The molecule has 0 spiro atoms. The largest absolute Gasteiger partial charge is 0.315 e. The molecular weight excluding hydrogens is 773 g/mol. The van der Waals surface area contributed by atoms with Crippen LogP contribution in [0, 0.1) is 0 Å². The standard InChI is InChI=1S/C62H42N2/c1-3-13-43(14-4-1)44-25-27-45(28-26-44)46-29-35-52(36-30-46)64(53-37-31-49(32-38-53)56-22-11-19-47-15-7-9-20-55(47)56)54-39-33-50(34-40-54)57-23-12-24-59-60(51-17-5-2-6-18-51)62-58-21-10-8-16-48(58)41-42-63(62)61(57)59/h1-42H. The summed E-state index contributed by atoms with van der Waals surface area (Å²) < 4.78 is 2.41. The number of pyridine rings is 1. The lowest BCUT2D eigenvalue weighted by molar-refractivity contribution is 1.27. The second kappa shape index (κ2) is 15.8. The predicted molar refractivity (Wildman–Crippen MR) is 272 cm³/mol. The van der Waals surface area contributed by atoms with Crippen molar-refractivity contribution in [2.45, 2.75) is 0 Å². The topological polar surface area (TPSA) is 7.65 Å². The summed E-state index contributed by atoms with van der Waals surface area (Å²) >= 11 is 0. The maximum atomic E-state index is 2.41. The van der Waals surface area contributed by atoms with Crippen molar-refractivity contribution in [3.05, 3.63) is 255 Å². The van der Waals surface area contributed by atoms with E-state index >= 15 is 0 Å². The van der Waals surface area contributed by atoms with E-state index < -0.39 is 0 Å². The SMILES string of the molecule is c1ccc(-c2ccc(-c3ccc(N(c4ccc(-c5cccc6ccccc56)cc4)c4ccc(-c5cccc6c(-c7ccccc7)c7c8ccccc8ccn7c56)cc4)cc3)cc2)cc1. The van der Waals surface area contributed by atoms with Crippen molar-refractivity contribution >= 4 is 55.0 Å². The highest BCUT2D eigenvalue weighted by Crippen LogP contribution is 2.44. The maximum absolute atomic E-state index is 2.41. The maximum Gasteiger partial charge on any atom is 0.0619 e. The third kappa shape index (κ3) is 6.52. The van der Waals surface area contributed by atoms with Crippen LogP contribution in [0.3, 0.4) is 0 Å². The first-order chi connectivity index (χ1) is 31.7. The molecule has 0 fully saturated rings. The summed E-state index contributed by atoms with van der Waals surface area (Å²) in [6.45, 7) is 0. The van der Waals surface area contributed by atoms with Gasteiger partial charge in [0.25, 0.3) is 0 Å². The Kier molecular flexibility index (Phi) is 9.20. The first-order valence-corrected chi connectivity index (χ1v) is 22.0. The summed E-state index contributed by atoms with van der Waals surface area (Å²) in [6, 6.07) is 90.3. The molecule has 2 heterocycles. The van der Waals surface area contributed by atoms with E-state index in [-0.39, 0.29) is 0 Å². The van der Waals surface area contributed by atoms with E-state index in [4.69, 9.17) is 0 Å². The molecule has 0 saturated carbocycles. The van der Waals surface area contributed by atoms with Crippen molar-refractivity contribution in [2.24, 2.45) is 0 Å². The molecule has 0 aliphatic rings. The highest BCUT2D eigenvalue weighted by molar-refractivity contribution is 6.17. The second-order valence-corrected chi connectivity index (χ2v) is 16.5. The third-order valence-corrected chi connectivity index (χ3v) is 12.8. The van der Waals surface area contributed by atoms with Crippen LogP contribution in [-0.4, -0.2) is 4.40 Å². The lowest BCUT2D eigenvalue weighted by atomic mass is 9.97. The minimum atomic E-state index is 1.09. The van der Waals surface area contributed by atoms with Gasteiger partial charge in [-0.3, -0.25) is 0 Å². The van der Waals surface area contributed by atoms with Crippen LogP contribution < -0.4 is 4.90 Å². The third-order valence-electron chi connectivity index (χ3n) is 12.8. The van der Waals surface area contributed by atoms with Crippen molar-refractivity contribution in [2.75, 3.05) is 4.90 Å². The monoisotopic (exact) mass is 814 g/mol. The van der Waals surface area contributed by atoms with E-state index in [1.807, 2.05) is 0 Å². The van der Waals surface area contributed by atoms with Gasteiger partial charge in [-0.25, -0.2) is 0 Å². The zero-order valence-corrected chi connectivity index (χ0v) is 35.1. The zero-order chi connectivity index (χ0) is 42.4. The van der Waals surface area contributed by atoms with Crippen LogP contribution in [0.2, 0.25) is 0 Å². The normalized spacial score (nSPS) is 11.4. The Hall–Kier alpha value is -8.46. The van der Waals surface area contributed by atoms with Gasteiger partial charge in [0.05, 0.1) is 11.0 Å². The minimum absolute atomic E-state index is 1.09. The number of rotatable bonds is 8. The Morgan fingerprint density at radius 2 is 0.656 bits per heavy atom. The van der Waals surface area contributed by atoms with E-state index in [1.165, 1.54) is 93.6 Å². The summed E-state index contributed by atoms with van der Waals surface area (Å²) in [5.41, 5.74) is 17.8. The molecule has 10 aromatic carbocycles. The molecule has 2 aromatic heterocycles. The molecule has 300 valence electrons. The zero-order valence-electron chi connectivity index (χ0n) is 35.1. The van der Waals surface area contributed by atoms with Crippen LogP contribution in [0.4, 0.5) is 17.1 Å². The van der Waals surface area contributed by atoms with Crippen molar-refractivity contribution in [3.63, 3.8) is 0 Å². The number of anilines is 3. The van der Waals surface area contributed by atoms with Gasteiger partial charge in [-0.1, -0.05) is 206 Å². The van der Waals surface area contributed by atoms with Gasteiger partial charge in [0.2, 0.25) is 0 Å². The van der Waals surface area contributed by atoms with E-state index in [0.29, 0.717) is 0 Å². The van der Waals surface area contributed by atoms with Gasteiger partial charge in [0.1, 0.15) is 0 Å². The summed E-state index contributed by atoms with van der Waals surface area (Å²) in [5, 5.41) is 6.23. The molecule has 2 nitrogen and oxygen atoms in total. The molecule has 64 heavy (non-hydrogen) atoms. The fourth-order valence-corrected chi connectivity index (χ4v) is 9.71. The van der Waals surface area contributed by atoms with Gasteiger partial charge in [-0.05, 0) is 103 Å². The second-order valence-electron chi connectivity index (χ2n) is 16.5. The van der Waals surface area contributed by atoms with Crippen molar-refractivity contribution in [3.8, 4) is 55.6 Å². The lowest BCUT2D eigenvalue weighted by Crippen LogP contribution is -2.09. The Balaban J connectivity index is 0.956. The van der Waals surface area contributed by atoms with Gasteiger partial charge in [-0.15, -0.1) is 0 Å². The van der Waals surface area contributed by atoms with Crippen LogP contribution in [0.15, 0.2) is 255 Å². The van der Waals surface area contributed by atoms with Gasteiger partial charge in [0.15, 0.2) is 0 Å². The molecular formula is C62H42N2. The van der Waals surface area contributed by atoms with Crippen LogP contribution in [0.25, 0.3) is 93.6 Å². The van der Waals surface area contributed by atoms with Gasteiger partial charge < -0.3 is 9.30 Å². The summed E-state index contributed by atoms with van der Waals surface area (Å²) in [7, 11) is 0. The first kappa shape index (κ1) is 37.3. The molecule has 0 saturated heterocycles. The fourth-order valence-electron chi connectivity index (χ4n) is 9.71. The Morgan fingerprint density at radius 1 is 0.250 bits per heavy atom. The number of hydrogen-bond donors (Lipinski definition) is 0. The molecule has 0 amide bonds. The van der Waals surface area contributed by atoms with Gasteiger partial charge >= 0.3 is 0 Å². The average molecular weight is 815 g/mol. The summed E-state index contributed by atoms with van der Waals surface area (Å²) in [6.07, 6.45) is 2.25. The number of nitrogens with zero attached hydrogens (tertiary/aromatic N) is 2. The summed E-state index contributed by atoms with van der Waals surface area (Å²) in [4.78, 5) is 2.37. The van der Waals surface area contributed by atoms with Crippen LogP contribution >= 0.6 is 0 Å². The number of hydrogen-bond acceptors (Lipinski definition) is 1. The molecule has 2 heteroatoms. The fraction of sp³-hybridized carbons (Fsp3) is 0. The van der Waals surface area contributed by atoms with Crippen LogP contribution in [0.1, 0.15) is 0 Å². The van der Waals surface area contributed by atoms with Crippen LogP contribution in [-0.2, 0) is 0 Å². The van der Waals surface area contributed by atoms with Gasteiger partial charge in [0, 0.05) is 45.2 Å². The van der Waals surface area contributed by atoms with E-state index in [2.05, 4.69) is 264 Å². The molecule has 0 aliphatic heterocycles. The molecule has 0 bridgehead atoms. The van der Waals surface area contributed by atoms with Crippen molar-refractivity contribution < 1.29 is 0 Å². The van der Waals surface area contributed by atoms with Crippen LogP contribution in [0.5, 0.6) is 0 Å². The highest BCUT2D eigenvalue weighted by Gasteiger charge is 2.20. The number of benzene rings is 10. The molecule has 0 radical (unpaired) electrons. The number of fused-ring (bicyclic) bond motifs is 6. The van der Waals surface area contributed by atoms with Gasteiger partial charge in [-0.2, -0.15) is 0 Å². The Bertz CT molecular complexity index is 3600. The van der Waals surface area contributed by atoms with E-state index in [0.717, 1.165) is 17.1 Å². The van der Waals surface area contributed by atoms with Crippen molar-refractivity contribution in [1.29, 1.82) is 0 Å². The molecule has 0 N–H and O–H groups in total. The average Bonchev–Trinajstić information content (AvgIpc) is 3.73. The van der Waals surface area contributed by atoms with E-state index in [1.54, 1.807) is 0 Å². The minimum Gasteiger partial charge on any atom is -0.315 e. The first-order valence-electron chi connectivity index (χ1n) is 22.0. The highest BCUT2D eigenvalue weighted by atomic mass is 15.1. The smallest absolute Gasteiger partial charge is 0.0619 e. The number of para-hydroxylation sites is 1. The summed E-state index contributed by atoms with van der Waals surface area (Å²) in [5.74, 6) is 0. The predicted octanol–water partition coefficient (Wildman–Crippen LogP) is 17.2. The molecule has 12 aromatic rings. The molecule has 0 aliphatic carbocycles. The Labute approximate surface area is 373 Å². The molecule has 0 unspecified atom stereocenters.